The average Bonchev–Trinajstić information content (AvgIpc) is 3.56. The minimum absolute atomic E-state index is 0.0730. The van der Waals surface area contributed by atoms with Crippen molar-refractivity contribution in [3.8, 4) is 17.2 Å². The summed E-state index contributed by atoms with van der Waals surface area (Å²) in [6.07, 6.45) is 5.51. The molecule has 10 nitrogen and oxygen atoms in total. The van der Waals surface area contributed by atoms with Crippen LogP contribution in [0.25, 0.3) is 0 Å². The lowest BCUT2D eigenvalue weighted by Gasteiger charge is -2.29. The van der Waals surface area contributed by atoms with Gasteiger partial charge in [0.2, 0.25) is 0 Å². The van der Waals surface area contributed by atoms with E-state index in [4.69, 9.17) is 14.2 Å². The standard InChI is InChI=1S/C30H35N3O7S2/c1-30(2,3)40-29(35)33-14-13-25-26(18-33)41-28(31-25)32-27(34)19-15-22(38-20-7-5-6-8-20)17-23(16-19)39-21-9-11-24(12-10-21)42(4,36)37/h9-12,15-17,20H,5-8,13-14,18H2,1-4H3,(H,31,32,34). The van der Waals surface area contributed by atoms with E-state index in [0.29, 0.717) is 47.5 Å². The van der Waals surface area contributed by atoms with Crippen LogP contribution in [0.4, 0.5) is 9.93 Å². The molecule has 0 bridgehead atoms. The Morgan fingerprint density at radius 1 is 1.02 bits per heavy atom. The number of ether oxygens (including phenoxy) is 3. The molecule has 0 radical (unpaired) electrons. The van der Waals surface area contributed by atoms with Gasteiger partial charge in [-0.05, 0) is 82.9 Å². The van der Waals surface area contributed by atoms with Crippen molar-refractivity contribution >= 4 is 38.3 Å². The van der Waals surface area contributed by atoms with Crippen LogP contribution in [0.15, 0.2) is 47.4 Å². The quantitative estimate of drug-likeness (QED) is 0.334. The summed E-state index contributed by atoms with van der Waals surface area (Å²) in [7, 11) is -3.34. The summed E-state index contributed by atoms with van der Waals surface area (Å²) >= 11 is 1.33. The van der Waals surface area contributed by atoms with Crippen LogP contribution >= 0.6 is 11.3 Å². The van der Waals surface area contributed by atoms with Gasteiger partial charge in [-0.1, -0.05) is 11.3 Å². The van der Waals surface area contributed by atoms with E-state index in [9.17, 15) is 18.0 Å². The molecule has 224 valence electrons. The van der Waals surface area contributed by atoms with Crippen molar-refractivity contribution in [2.75, 3.05) is 18.1 Å². The van der Waals surface area contributed by atoms with Crippen molar-refractivity contribution in [1.29, 1.82) is 0 Å². The molecule has 0 atom stereocenters. The first-order chi connectivity index (χ1) is 19.8. The van der Waals surface area contributed by atoms with Gasteiger partial charge >= 0.3 is 6.09 Å². The second kappa shape index (κ2) is 11.9. The van der Waals surface area contributed by atoms with E-state index in [0.717, 1.165) is 42.5 Å². The molecular formula is C30H35N3O7S2. The number of sulfone groups is 1. The molecule has 0 spiro atoms. The summed E-state index contributed by atoms with van der Waals surface area (Å²) in [6, 6.07) is 11.1. The first-order valence-corrected chi connectivity index (χ1v) is 16.6. The van der Waals surface area contributed by atoms with Crippen molar-refractivity contribution < 1.29 is 32.2 Å². The number of hydrogen-bond acceptors (Lipinski definition) is 9. The molecule has 5 rings (SSSR count). The summed E-state index contributed by atoms with van der Waals surface area (Å²) in [4.78, 5) is 33.3. The highest BCUT2D eigenvalue weighted by molar-refractivity contribution is 7.90. The van der Waals surface area contributed by atoms with Gasteiger partial charge < -0.3 is 19.1 Å². The summed E-state index contributed by atoms with van der Waals surface area (Å²) in [5.41, 5.74) is 0.606. The Morgan fingerprint density at radius 2 is 1.71 bits per heavy atom. The second-order valence-electron chi connectivity index (χ2n) is 11.6. The van der Waals surface area contributed by atoms with Crippen LogP contribution in [0.2, 0.25) is 0 Å². The van der Waals surface area contributed by atoms with Gasteiger partial charge in [-0.3, -0.25) is 10.1 Å². The summed E-state index contributed by atoms with van der Waals surface area (Å²) < 4.78 is 41.3. The summed E-state index contributed by atoms with van der Waals surface area (Å²) in [6.45, 7) is 6.36. The normalized spacial score (nSPS) is 15.7. The maximum Gasteiger partial charge on any atom is 0.410 e. The fourth-order valence-corrected chi connectivity index (χ4v) is 6.47. The largest absolute Gasteiger partial charge is 0.490 e. The number of carbonyl (C=O) groups is 2. The van der Waals surface area contributed by atoms with Gasteiger partial charge in [-0.15, -0.1) is 0 Å². The maximum absolute atomic E-state index is 13.4. The van der Waals surface area contributed by atoms with Gasteiger partial charge in [-0.25, -0.2) is 18.2 Å². The molecule has 2 aromatic carbocycles. The predicted octanol–water partition coefficient (Wildman–Crippen LogP) is 6.21. The molecule has 0 saturated heterocycles. The zero-order chi connectivity index (χ0) is 30.1. The SMILES string of the molecule is CC(C)(C)OC(=O)N1CCc2nc(NC(=O)c3cc(Oc4ccc(S(C)(=O)=O)cc4)cc(OC4CCCC4)c3)sc2C1. The van der Waals surface area contributed by atoms with E-state index in [1.54, 1.807) is 35.2 Å². The number of aromatic nitrogens is 1. The van der Waals surface area contributed by atoms with Crippen LogP contribution in [0, 0.1) is 0 Å². The Kier molecular flexibility index (Phi) is 8.47. The van der Waals surface area contributed by atoms with Crippen LogP contribution in [0.1, 0.15) is 67.4 Å². The molecule has 42 heavy (non-hydrogen) atoms. The summed E-state index contributed by atoms with van der Waals surface area (Å²) in [5, 5.41) is 3.33. The van der Waals surface area contributed by atoms with E-state index in [1.807, 2.05) is 20.8 Å². The molecule has 1 fully saturated rings. The zero-order valence-electron chi connectivity index (χ0n) is 24.1. The first-order valence-electron chi connectivity index (χ1n) is 13.9. The van der Waals surface area contributed by atoms with E-state index in [1.165, 1.54) is 23.5 Å². The third-order valence-electron chi connectivity index (χ3n) is 6.84. The minimum Gasteiger partial charge on any atom is -0.490 e. The molecule has 1 saturated carbocycles. The topological polar surface area (TPSA) is 124 Å². The molecular weight excluding hydrogens is 578 g/mol. The van der Waals surface area contributed by atoms with Gasteiger partial charge in [-0.2, -0.15) is 0 Å². The number of thiazole rings is 1. The van der Waals surface area contributed by atoms with E-state index in [2.05, 4.69) is 10.3 Å². The van der Waals surface area contributed by atoms with Gasteiger partial charge in [0.1, 0.15) is 22.8 Å². The molecule has 1 aromatic heterocycles. The molecule has 1 aliphatic heterocycles. The number of nitrogens with zero attached hydrogens (tertiary/aromatic N) is 2. The van der Waals surface area contributed by atoms with Gasteiger partial charge in [0, 0.05) is 35.7 Å². The minimum atomic E-state index is -3.34. The lowest BCUT2D eigenvalue weighted by molar-refractivity contribution is 0.0225. The number of benzene rings is 2. The fraction of sp³-hybridized carbons (Fsp3) is 0.433. The Morgan fingerprint density at radius 3 is 2.38 bits per heavy atom. The molecule has 0 unspecified atom stereocenters. The van der Waals surface area contributed by atoms with Crippen LogP contribution in [0.5, 0.6) is 17.2 Å². The zero-order valence-corrected chi connectivity index (χ0v) is 25.8. The molecule has 1 aliphatic carbocycles. The molecule has 3 aromatic rings. The second-order valence-corrected chi connectivity index (χ2v) is 14.7. The highest BCUT2D eigenvalue weighted by Gasteiger charge is 2.28. The molecule has 1 N–H and O–H groups in total. The van der Waals surface area contributed by atoms with Gasteiger partial charge in [0.05, 0.1) is 23.2 Å². The number of anilines is 1. The van der Waals surface area contributed by atoms with Crippen LogP contribution in [0.3, 0.4) is 0 Å². The van der Waals surface area contributed by atoms with Crippen LogP contribution in [-0.2, 0) is 27.5 Å². The number of rotatable bonds is 7. The van der Waals surface area contributed by atoms with Crippen LogP contribution < -0.4 is 14.8 Å². The Bertz CT molecular complexity index is 1570. The summed E-state index contributed by atoms with van der Waals surface area (Å²) in [5.74, 6) is 0.950. The Labute approximate surface area is 249 Å². The average molecular weight is 614 g/mol. The lowest BCUT2D eigenvalue weighted by atomic mass is 10.1. The van der Waals surface area contributed by atoms with Crippen molar-refractivity contribution in [3.05, 3.63) is 58.6 Å². The maximum atomic E-state index is 13.4. The van der Waals surface area contributed by atoms with Crippen molar-refractivity contribution in [2.45, 2.75) is 76.0 Å². The Balaban J connectivity index is 1.33. The van der Waals surface area contributed by atoms with E-state index >= 15 is 0 Å². The number of fused-ring (bicyclic) bond motifs is 1. The smallest absolute Gasteiger partial charge is 0.410 e. The van der Waals surface area contributed by atoms with E-state index < -0.39 is 15.4 Å². The highest BCUT2D eigenvalue weighted by atomic mass is 32.2. The predicted molar refractivity (Wildman–Crippen MR) is 159 cm³/mol. The monoisotopic (exact) mass is 613 g/mol. The first kappa shape index (κ1) is 29.8. The number of hydrogen-bond donors (Lipinski definition) is 1. The van der Waals surface area contributed by atoms with Gasteiger partial charge in [0.25, 0.3) is 5.91 Å². The third-order valence-corrected chi connectivity index (χ3v) is 8.96. The number of carbonyl (C=O) groups excluding carboxylic acids is 2. The van der Waals surface area contributed by atoms with E-state index in [-0.39, 0.29) is 23.0 Å². The molecule has 2 aliphatic rings. The third kappa shape index (κ3) is 7.60. The number of amides is 2. The number of nitrogens with one attached hydrogen (secondary N) is 1. The highest BCUT2D eigenvalue weighted by Crippen LogP contribution is 2.33. The molecule has 12 heteroatoms. The lowest BCUT2D eigenvalue weighted by Crippen LogP contribution is -2.39. The van der Waals surface area contributed by atoms with Gasteiger partial charge in [0.15, 0.2) is 15.0 Å². The van der Waals surface area contributed by atoms with Crippen LogP contribution in [-0.4, -0.2) is 54.8 Å². The van der Waals surface area contributed by atoms with Crippen molar-refractivity contribution in [1.82, 2.24) is 9.88 Å². The molecule has 2 amide bonds. The fourth-order valence-electron chi connectivity index (χ4n) is 4.82. The van der Waals surface area contributed by atoms with Crippen molar-refractivity contribution in [3.63, 3.8) is 0 Å². The van der Waals surface area contributed by atoms with Crippen molar-refractivity contribution in [2.24, 2.45) is 0 Å². The molecule has 2 heterocycles. The Hall–Kier alpha value is -3.64.